The summed E-state index contributed by atoms with van der Waals surface area (Å²) in [5.41, 5.74) is 0. The van der Waals surface area contributed by atoms with Crippen LogP contribution in [0.15, 0.2) is 12.4 Å². The molecule has 0 saturated carbocycles. The Labute approximate surface area is 139 Å². The largest absolute Gasteiger partial charge is 0.359 e. The van der Waals surface area contributed by atoms with E-state index < -0.39 is 0 Å². The van der Waals surface area contributed by atoms with E-state index in [2.05, 4.69) is 43.1 Å². The van der Waals surface area contributed by atoms with E-state index >= 15 is 0 Å². The Balaban J connectivity index is 2.02. The molecule has 1 aliphatic rings. The highest BCUT2D eigenvalue weighted by molar-refractivity contribution is 4.95. The average Bonchev–Trinajstić information content (AvgIpc) is 2.87. The smallest absolute Gasteiger partial charge is 0.100 e. The third-order valence-electron chi connectivity index (χ3n) is 4.93. The second-order valence-electron chi connectivity index (χ2n) is 7.01. The van der Waals surface area contributed by atoms with Crippen LogP contribution < -0.4 is 0 Å². The van der Waals surface area contributed by atoms with Crippen LogP contribution >= 0.6 is 0 Å². The minimum absolute atomic E-state index is 0.626. The maximum Gasteiger partial charge on any atom is 0.100 e. The van der Waals surface area contributed by atoms with Gasteiger partial charge in [0.05, 0.1) is 0 Å². The SMILES string of the molecule is CCCCCCCCCCCC1N(C)C=CN1CCCCC. The number of nitrogens with zero attached hydrogens (tertiary/aromatic N) is 2. The Kier molecular flexibility index (Phi) is 11.3. The van der Waals surface area contributed by atoms with Gasteiger partial charge in [-0.1, -0.05) is 78.1 Å². The first-order chi connectivity index (χ1) is 10.8. The van der Waals surface area contributed by atoms with Crippen LogP contribution in [0.3, 0.4) is 0 Å². The third kappa shape index (κ3) is 8.10. The molecule has 0 saturated heterocycles. The first-order valence-corrected chi connectivity index (χ1v) is 9.95. The molecule has 0 aromatic carbocycles. The zero-order valence-corrected chi connectivity index (χ0v) is 15.5. The Hall–Kier alpha value is -0.660. The van der Waals surface area contributed by atoms with Gasteiger partial charge in [0.25, 0.3) is 0 Å². The molecule has 0 N–H and O–H groups in total. The topological polar surface area (TPSA) is 6.48 Å². The van der Waals surface area contributed by atoms with Crippen LogP contribution in [0.2, 0.25) is 0 Å². The maximum atomic E-state index is 2.56. The van der Waals surface area contributed by atoms with Crippen molar-refractivity contribution in [2.75, 3.05) is 13.6 Å². The van der Waals surface area contributed by atoms with Crippen molar-refractivity contribution in [1.82, 2.24) is 9.80 Å². The van der Waals surface area contributed by atoms with E-state index in [1.807, 2.05) is 0 Å². The van der Waals surface area contributed by atoms with Gasteiger partial charge in [-0.3, -0.25) is 0 Å². The molecule has 0 bridgehead atoms. The fraction of sp³-hybridized carbons (Fsp3) is 0.900. The minimum atomic E-state index is 0.626. The fourth-order valence-corrected chi connectivity index (χ4v) is 3.40. The van der Waals surface area contributed by atoms with Crippen LogP contribution in [0.25, 0.3) is 0 Å². The Morgan fingerprint density at radius 3 is 1.86 bits per heavy atom. The summed E-state index contributed by atoms with van der Waals surface area (Å²) in [5.74, 6) is 0. The highest BCUT2D eigenvalue weighted by Crippen LogP contribution is 2.21. The van der Waals surface area contributed by atoms with E-state index in [9.17, 15) is 0 Å². The van der Waals surface area contributed by atoms with Crippen molar-refractivity contribution in [1.29, 1.82) is 0 Å². The van der Waals surface area contributed by atoms with E-state index in [1.165, 1.54) is 90.0 Å². The summed E-state index contributed by atoms with van der Waals surface area (Å²) in [6.45, 7) is 5.81. The van der Waals surface area contributed by atoms with E-state index in [0.717, 1.165) is 0 Å². The van der Waals surface area contributed by atoms with Crippen molar-refractivity contribution in [3.63, 3.8) is 0 Å². The maximum absolute atomic E-state index is 2.56. The van der Waals surface area contributed by atoms with E-state index in [1.54, 1.807) is 0 Å². The van der Waals surface area contributed by atoms with Crippen LogP contribution in [0.1, 0.15) is 97.3 Å². The molecule has 130 valence electrons. The lowest BCUT2D eigenvalue weighted by Crippen LogP contribution is -2.36. The highest BCUT2D eigenvalue weighted by Gasteiger charge is 2.22. The number of hydrogen-bond acceptors (Lipinski definition) is 2. The molecule has 2 heteroatoms. The van der Waals surface area contributed by atoms with Crippen LogP contribution in [0.5, 0.6) is 0 Å². The molecule has 1 unspecified atom stereocenters. The molecule has 1 atom stereocenters. The molecule has 0 spiro atoms. The zero-order valence-electron chi connectivity index (χ0n) is 15.5. The molecular formula is C20H40N2. The van der Waals surface area contributed by atoms with Crippen molar-refractivity contribution in [2.45, 2.75) is 103 Å². The molecule has 0 aromatic rings. The molecule has 0 fully saturated rings. The number of hydrogen-bond donors (Lipinski definition) is 0. The molecule has 1 heterocycles. The lowest BCUT2D eigenvalue weighted by atomic mass is 10.1. The summed E-state index contributed by atoms with van der Waals surface area (Å²) in [6, 6.07) is 0. The lowest BCUT2D eigenvalue weighted by molar-refractivity contribution is 0.159. The molecule has 22 heavy (non-hydrogen) atoms. The number of rotatable bonds is 14. The van der Waals surface area contributed by atoms with Gasteiger partial charge < -0.3 is 9.80 Å². The van der Waals surface area contributed by atoms with Crippen molar-refractivity contribution in [3.05, 3.63) is 12.4 Å². The number of unbranched alkanes of at least 4 members (excludes halogenated alkanes) is 10. The van der Waals surface area contributed by atoms with Crippen molar-refractivity contribution in [3.8, 4) is 0 Å². The molecule has 0 radical (unpaired) electrons. The summed E-state index contributed by atoms with van der Waals surface area (Å²) >= 11 is 0. The van der Waals surface area contributed by atoms with E-state index in [-0.39, 0.29) is 0 Å². The van der Waals surface area contributed by atoms with Gasteiger partial charge in [0.1, 0.15) is 6.17 Å². The van der Waals surface area contributed by atoms with Gasteiger partial charge >= 0.3 is 0 Å². The van der Waals surface area contributed by atoms with Gasteiger partial charge in [-0.2, -0.15) is 0 Å². The Morgan fingerprint density at radius 1 is 0.682 bits per heavy atom. The summed E-state index contributed by atoms with van der Waals surface area (Å²) < 4.78 is 0. The summed E-state index contributed by atoms with van der Waals surface area (Å²) in [5, 5.41) is 0. The predicted molar refractivity (Wildman–Crippen MR) is 98.8 cm³/mol. The minimum Gasteiger partial charge on any atom is -0.359 e. The van der Waals surface area contributed by atoms with Crippen molar-refractivity contribution < 1.29 is 0 Å². The van der Waals surface area contributed by atoms with Crippen LogP contribution in [0, 0.1) is 0 Å². The van der Waals surface area contributed by atoms with Crippen LogP contribution in [0.4, 0.5) is 0 Å². The van der Waals surface area contributed by atoms with E-state index in [4.69, 9.17) is 0 Å². The van der Waals surface area contributed by atoms with Gasteiger partial charge in [0.15, 0.2) is 0 Å². The van der Waals surface area contributed by atoms with Crippen LogP contribution in [-0.4, -0.2) is 29.6 Å². The zero-order chi connectivity index (χ0) is 16.0. The van der Waals surface area contributed by atoms with E-state index in [0.29, 0.717) is 6.17 Å². The summed E-state index contributed by atoms with van der Waals surface area (Å²) in [7, 11) is 2.23. The van der Waals surface area contributed by atoms with Crippen LogP contribution in [-0.2, 0) is 0 Å². The molecule has 1 aliphatic heterocycles. The first kappa shape index (κ1) is 19.4. The average molecular weight is 309 g/mol. The second-order valence-corrected chi connectivity index (χ2v) is 7.01. The molecule has 0 aliphatic carbocycles. The molecule has 1 rings (SSSR count). The van der Waals surface area contributed by atoms with Gasteiger partial charge in [-0.05, 0) is 19.3 Å². The predicted octanol–water partition coefficient (Wildman–Crippen LogP) is 6.14. The fourth-order valence-electron chi connectivity index (χ4n) is 3.40. The molecule has 2 nitrogen and oxygen atoms in total. The summed E-state index contributed by atoms with van der Waals surface area (Å²) in [4.78, 5) is 4.96. The Morgan fingerprint density at radius 2 is 1.23 bits per heavy atom. The molecular weight excluding hydrogens is 268 g/mol. The van der Waals surface area contributed by atoms with Gasteiger partial charge in [-0.15, -0.1) is 0 Å². The third-order valence-corrected chi connectivity index (χ3v) is 4.93. The first-order valence-electron chi connectivity index (χ1n) is 9.95. The summed E-state index contributed by atoms with van der Waals surface area (Å²) in [6.07, 6.45) is 23.3. The molecule has 0 amide bonds. The van der Waals surface area contributed by atoms with Gasteiger partial charge in [0, 0.05) is 26.0 Å². The lowest BCUT2D eigenvalue weighted by Gasteiger charge is -2.30. The Bertz CT molecular complexity index is 275. The van der Waals surface area contributed by atoms with Crippen molar-refractivity contribution >= 4 is 0 Å². The van der Waals surface area contributed by atoms with Crippen molar-refractivity contribution in [2.24, 2.45) is 0 Å². The molecule has 0 aromatic heterocycles. The van der Waals surface area contributed by atoms with Gasteiger partial charge in [-0.25, -0.2) is 0 Å². The second kappa shape index (κ2) is 12.8. The standard InChI is InChI=1S/C20H40N2/c1-4-6-8-9-10-11-12-13-14-16-20-21(3)18-19-22(20)17-15-7-5-2/h18-20H,4-17H2,1-3H3. The quantitative estimate of drug-likeness (QED) is 0.355. The normalized spacial score (nSPS) is 17.7. The van der Waals surface area contributed by atoms with Gasteiger partial charge in [0.2, 0.25) is 0 Å². The highest BCUT2D eigenvalue weighted by atomic mass is 15.4. The monoisotopic (exact) mass is 308 g/mol.